The molecule has 7 heteroatoms. The van der Waals surface area contributed by atoms with Crippen molar-refractivity contribution >= 4 is 0 Å². The molecule has 0 amide bonds. The number of hydrogen-bond donors (Lipinski definition) is 0. The van der Waals surface area contributed by atoms with Crippen LogP contribution in [0.15, 0.2) is 29.0 Å². The van der Waals surface area contributed by atoms with Gasteiger partial charge in [-0.2, -0.15) is 4.98 Å². The van der Waals surface area contributed by atoms with E-state index in [2.05, 4.69) is 20.0 Å². The maximum Gasteiger partial charge on any atom is 0.241 e. The zero-order valence-corrected chi connectivity index (χ0v) is 12.9. The number of hydrogen-bond acceptors (Lipinski definition) is 7. The Morgan fingerprint density at radius 3 is 2.96 bits per heavy atom. The Kier molecular flexibility index (Phi) is 4.32. The van der Waals surface area contributed by atoms with Crippen LogP contribution in [0.1, 0.15) is 25.2 Å². The molecule has 4 heterocycles. The summed E-state index contributed by atoms with van der Waals surface area (Å²) in [6, 6.07) is 4.05. The Morgan fingerprint density at radius 2 is 2.13 bits per heavy atom. The number of pyridine rings is 1. The van der Waals surface area contributed by atoms with E-state index in [4.69, 9.17) is 14.0 Å². The molecule has 1 unspecified atom stereocenters. The Balaban J connectivity index is 1.47. The summed E-state index contributed by atoms with van der Waals surface area (Å²) in [4.78, 5) is 10.9. The quantitative estimate of drug-likeness (QED) is 0.852. The van der Waals surface area contributed by atoms with Gasteiger partial charge < -0.3 is 14.0 Å². The van der Waals surface area contributed by atoms with E-state index in [1.807, 2.05) is 12.1 Å². The average Bonchev–Trinajstić information content (AvgIpc) is 3.28. The van der Waals surface area contributed by atoms with E-state index in [1.54, 1.807) is 12.4 Å². The van der Waals surface area contributed by atoms with E-state index in [-0.39, 0.29) is 12.3 Å². The topological polar surface area (TPSA) is 73.5 Å². The fourth-order valence-corrected chi connectivity index (χ4v) is 3.23. The van der Waals surface area contributed by atoms with Gasteiger partial charge in [0.25, 0.3) is 0 Å². The third kappa shape index (κ3) is 3.26. The highest BCUT2D eigenvalue weighted by Gasteiger charge is 2.34. The highest BCUT2D eigenvalue weighted by molar-refractivity contribution is 5.51. The Morgan fingerprint density at radius 1 is 1.22 bits per heavy atom. The van der Waals surface area contributed by atoms with Crippen molar-refractivity contribution in [2.75, 3.05) is 19.8 Å². The van der Waals surface area contributed by atoms with Crippen LogP contribution < -0.4 is 0 Å². The van der Waals surface area contributed by atoms with Gasteiger partial charge in [-0.05, 0) is 31.5 Å². The molecule has 2 saturated heterocycles. The van der Waals surface area contributed by atoms with Crippen LogP contribution in [0.5, 0.6) is 0 Å². The molecule has 2 aliphatic rings. The van der Waals surface area contributed by atoms with Gasteiger partial charge in [0.05, 0.1) is 25.8 Å². The van der Waals surface area contributed by atoms with Gasteiger partial charge in [-0.25, -0.2) is 0 Å². The summed E-state index contributed by atoms with van der Waals surface area (Å²) < 4.78 is 16.8. The van der Waals surface area contributed by atoms with Crippen LogP contribution in [0.3, 0.4) is 0 Å². The molecule has 2 aliphatic heterocycles. The van der Waals surface area contributed by atoms with Gasteiger partial charge in [-0.15, -0.1) is 0 Å². The van der Waals surface area contributed by atoms with Gasteiger partial charge in [0, 0.05) is 18.0 Å². The number of likely N-dealkylation sites (tertiary alicyclic amines) is 1. The van der Waals surface area contributed by atoms with E-state index in [1.165, 1.54) is 12.8 Å². The number of ether oxygens (including phenoxy) is 2. The normalized spacial score (nSPS) is 23.4. The lowest BCUT2D eigenvalue weighted by molar-refractivity contribution is -0.112. The molecule has 2 fully saturated rings. The van der Waals surface area contributed by atoms with Crippen molar-refractivity contribution < 1.29 is 14.0 Å². The van der Waals surface area contributed by atoms with Crippen LogP contribution in [-0.2, 0) is 16.0 Å². The lowest BCUT2D eigenvalue weighted by Crippen LogP contribution is -2.46. The van der Waals surface area contributed by atoms with Crippen molar-refractivity contribution in [3.05, 3.63) is 30.4 Å². The molecule has 0 N–H and O–H groups in total. The van der Waals surface area contributed by atoms with Crippen molar-refractivity contribution in [3.8, 4) is 11.4 Å². The first-order valence-electron chi connectivity index (χ1n) is 8.10. The number of aromatic nitrogens is 3. The molecule has 0 saturated carbocycles. The largest absolute Gasteiger partial charge is 0.349 e. The maximum absolute atomic E-state index is 5.70. The summed E-state index contributed by atoms with van der Waals surface area (Å²) in [6.07, 6.45) is 6.79. The van der Waals surface area contributed by atoms with Gasteiger partial charge in [0.2, 0.25) is 11.7 Å². The van der Waals surface area contributed by atoms with Crippen LogP contribution in [0.2, 0.25) is 0 Å². The minimum Gasteiger partial charge on any atom is -0.349 e. The van der Waals surface area contributed by atoms with E-state index in [9.17, 15) is 0 Å². The maximum atomic E-state index is 5.70. The summed E-state index contributed by atoms with van der Waals surface area (Å²) in [5.41, 5.74) is 0.861. The third-order valence-electron chi connectivity index (χ3n) is 4.35. The van der Waals surface area contributed by atoms with Crippen LogP contribution in [-0.4, -0.2) is 52.1 Å². The SMILES string of the molecule is c1cncc(-c2noc(CN3CCCCC3C3OCCO3)n2)c1. The van der Waals surface area contributed by atoms with Crippen LogP contribution >= 0.6 is 0 Å². The minimum atomic E-state index is -0.129. The van der Waals surface area contributed by atoms with Gasteiger partial charge in [-0.1, -0.05) is 11.6 Å². The van der Waals surface area contributed by atoms with Crippen LogP contribution in [0.25, 0.3) is 11.4 Å². The molecule has 4 rings (SSSR count). The standard InChI is InChI=1S/C16H20N4O3/c1-2-7-20(13(5-1)16-21-8-9-22-16)11-14-18-15(19-23-14)12-4-3-6-17-10-12/h3-4,6,10,13,16H,1-2,5,7-9,11H2. The van der Waals surface area contributed by atoms with Gasteiger partial charge >= 0.3 is 0 Å². The van der Waals surface area contributed by atoms with E-state index >= 15 is 0 Å². The molecule has 1 atom stereocenters. The monoisotopic (exact) mass is 316 g/mol. The van der Waals surface area contributed by atoms with Gasteiger partial charge in [0.15, 0.2) is 6.29 Å². The third-order valence-corrected chi connectivity index (χ3v) is 4.35. The second-order valence-corrected chi connectivity index (χ2v) is 5.90. The lowest BCUT2D eigenvalue weighted by Gasteiger charge is -2.36. The second-order valence-electron chi connectivity index (χ2n) is 5.90. The Labute approximate surface area is 134 Å². The molecule has 0 aliphatic carbocycles. The molecule has 2 aromatic rings. The zero-order valence-electron chi connectivity index (χ0n) is 12.9. The smallest absolute Gasteiger partial charge is 0.241 e. The average molecular weight is 316 g/mol. The lowest BCUT2D eigenvalue weighted by atomic mass is 10.0. The minimum absolute atomic E-state index is 0.129. The Hall–Kier alpha value is -1.83. The molecule has 0 bridgehead atoms. The number of piperidine rings is 1. The summed E-state index contributed by atoms with van der Waals surface area (Å²) in [5, 5.41) is 4.06. The highest BCUT2D eigenvalue weighted by Crippen LogP contribution is 2.26. The first-order chi connectivity index (χ1) is 11.4. The van der Waals surface area contributed by atoms with E-state index in [0.717, 1.165) is 18.5 Å². The van der Waals surface area contributed by atoms with E-state index < -0.39 is 0 Å². The first-order valence-corrected chi connectivity index (χ1v) is 8.10. The predicted molar refractivity (Wildman–Crippen MR) is 81.3 cm³/mol. The second kappa shape index (κ2) is 6.74. The molecule has 7 nitrogen and oxygen atoms in total. The number of rotatable bonds is 4. The molecule has 23 heavy (non-hydrogen) atoms. The summed E-state index contributed by atoms with van der Waals surface area (Å²) in [7, 11) is 0. The molecule has 122 valence electrons. The van der Waals surface area contributed by atoms with Gasteiger partial charge in [-0.3, -0.25) is 9.88 Å². The number of nitrogens with zero attached hydrogens (tertiary/aromatic N) is 4. The Bertz CT molecular complexity index is 627. The molecule has 0 radical (unpaired) electrons. The van der Waals surface area contributed by atoms with Crippen molar-refractivity contribution in [1.29, 1.82) is 0 Å². The molecule has 0 aromatic carbocycles. The van der Waals surface area contributed by atoms with Crippen LogP contribution in [0.4, 0.5) is 0 Å². The predicted octanol–water partition coefficient (Wildman–Crippen LogP) is 1.86. The van der Waals surface area contributed by atoms with Crippen molar-refractivity contribution in [3.63, 3.8) is 0 Å². The summed E-state index contributed by atoms with van der Waals surface area (Å²) in [5.74, 6) is 1.20. The molecule has 0 spiro atoms. The molecular formula is C16H20N4O3. The summed E-state index contributed by atoms with van der Waals surface area (Å²) in [6.45, 7) is 2.99. The van der Waals surface area contributed by atoms with Crippen molar-refractivity contribution in [2.24, 2.45) is 0 Å². The van der Waals surface area contributed by atoms with Crippen LogP contribution in [0, 0.1) is 0 Å². The zero-order chi connectivity index (χ0) is 15.5. The fraction of sp³-hybridized carbons (Fsp3) is 0.562. The molecular weight excluding hydrogens is 296 g/mol. The van der Waals surface area contributed by atoms with Crippen molar-refractivity contribution in [1.82, 2.24) is 20.0 Å². The summed E-state index contributed by atoms with van der Waals surface area (Å²) >= 11 is 0. The molecule has 2 aromatic heterocycles. The highest BCUT2D eigenvalue weighted by atomic mass is 16.7. The van der Waals surface area contributed by atoms with E-state index in [0.29, 0.717) is 31.5 Å². The van der Waals surface area contributed by atoms with Crippen molar-refractivity contribution in [2.45, 2.75) is 38.1 Å². The fourth-order valence-electron chi connectivity index (χ4n) is 3.23. The van der Waals surface area contributed by atoms with Gasteiger partial charge in [0.1, 0.15) is 0 Å². The first kappa shape index (κ1) is 14.7.